The smallest absolute Gasteiger partial charge is 0.120 e. The molecule has 0 radical (unpaired) electrons. The van der Waals surface area contributed by atoms with Crippen LogP contribution in [-0.4, -0.2) is 13.2 Å². The van der Waals surface area contributed by atoms with E-state index in [1.807, 2.05) is 36.4 Å². The first kappa shape index (κ1) is 15.6. The fraction of sp³-hybridized carbons (Fsp3) is 0.235. The number of rotatable bonds is 7. The molecule has 0 N–H and O–H groups in total. The third-order valence-electron chi connectivity index (χ3n) is 2.82. The first-order chi connectivity index (χ1) is 10.3. The van der Waals surface area contributed by atoms with Gasteiger partial charge in [0.15, 0.2) is 0 Å². The fourth-order valence-corrected chi connectivity index (χ4v) is 2.27. The van der Waals surface area contributed by atoms with Gasteiger partial charge in [-0.15, -0.1) is 0 Å². The maximum Gasteiger partial charge on any atom is 0.120 e. The Bertz CT molecular complexity index is 622. The summed E-state index contributed by atoms with van der Waals surface area (Å²) >= 11 is 3.44. The predicted octanol–water partition coefficient (Wildman–Crippen LogP) is 4.31. The van der Waals surface area contributed by atoms with Crippen molar-refractivity contribution in [3.05, 3.63) is 64.1 Å². The molecule has 0 spiro atoms. The van der Waals surface area contributed by atoms with Crippen molar-refractivity contribution in [3.63, 3.8) is 0 Å². The Hall–Kier alpha value is -1.83. The minimum absolute atomic E-state index is 0.577. The summed E-state index contributed by atoms with van der Waals surface area (Å²) in [7, 11) is 0. The zero-order chi connectivity index (χ0) is 14.9. The molecule has 0 saturated carbocycles. The van der Waals surface area contributed by atoms with Gasteiger partial charge in [0.25, 0.3) is 0 Å². The van der Waals surface area contributed by atoms with E-state index in [4.69, 9.17) is 14.7 Å². The minimum Gasteiger partial charge on any atom is -0.493 e. The second kappa shape index (κ2) is 8.46. The number of benzene rings is 2. The van der Waals surface area contributed by atoms with Crippen LogP contribution in [0.2, 0.25) is 0 Å². The van der Waals surface area contributed by atoms with E-state index in [1.165, 1.54) is 0 Å². The van der Waals surface area contributed by atoms with E-state index in [9.17, 15) is 0 Å². The lowest BCUT2D eigenvalue weighted by Crippen LogP contribution is -2.03. The van der Waals surface area contributed by atoms with E-state index < -0.39 is 0 Å². The molecule has 0 amide bonds. The highest BCUT2D eigenvalue weighted by Crippen LogP contribution is 2.13. The number of hydrogen-bond donors (Lipinski definition) is 0. The van der Waals surface area contributed by atoms with Gasteiger partial charge in [0.1, 0.15) is 5.75 Å². The summed E-state index contributed by atoms with van der Waals surface area (Å²) in [4.78, 5) is 0. The van der Waals surface area contributed by atoms with Crippen LogP contribution in [0.5, 0.6) is 5.75 Å². The molecule has 0 aliphatic rings. The Morgan fingerprint density at radius 1 is 1.05 bits per heavy atom. The van der Waals surface area contributed by atoms with Gasteiger partial charge in [0.05, 0.1) is 31.5 Å². The van der Waals surface area contributed by atoms with Crippen molar-refractivity contribution in [2.45, 2.75) is 13.0 Å². The van der Waals surface area contributed by atoms with Crippen LogP contribution in [0.25, 0.3) is 0 Å². The molecule has 0 unspecified atom stereocenters. The predicted molar refractivity (Wildman–Crippen MR) is 85.1 cm³/mol. The van der Waals surface area contributed by atoms with Crippen LogP contribution in [0.4, 0.5) is 0 Å². The molecular weight excluding hydrogens is 330 g/mol. The average Bonchev–Trinajstić information content (AvgIpc) is 2.51. The Morgan fingerprint density at radius 3 is 2.71 bits per heavy atom. The van der Waals surface area contributed by atoms with Gasteiger partial charge in [0, 0.05) is 10.9 Å². The van der Waals surface area contributed by atoms with E-state index in [0.29, 0.717) is 25.4 Å². The highest BCUT2D eigenvalue weighted by Gasteiger charge is 1.97. The van der Waals surface area contributed by atoms with Gasteiger partial charge in [-0.1, -0.05) is 34.1 Å². The number of halogens is 1. The standard InChI is InChI=1S/C17H16BrNO2/c18-16-6-1-5-15(10-16)13-20-8-3-9-21-17-7-2-4-14(11-17)12-19/h1-2,4-7,10-11H,3,8-9,13H2. The topological polar surface area (TPSA) is 42.2 Å². The summed E-state index contributed by atoms with van der Waals surface area (Å²) in [5.74, 6) is 0.723. The van der Waals surface area contributed by atoms with Crippen LogP contribution >= 0.6 is 15.9 Å². The van der Waals surface area contributed by atoms with Gasteiger partial charge < -0.3 is 9.47 Å². The SMILES string of the molecule is N#Cc1cccc(OCCCOCc2cccc(Br)c2)c1. The van der Waals surface area contributed by atoms with E-state index in [1.54, 1.807) is 12.1 Å². The van der Waals surface area contributed by atoms with Crippen molar-refractivity contribution in [1.82, 2.24) is 0 Å². The fourth-order valence-electron chi connectivity index (χ4n) is 1.82. The first-order valence-corrected chi connectivity index (χ1v) is 7.52. The first-order valence-electron chi connectivity index (χ1n) is 6.73. The van der Waals surface area contributed by atoms with E-state index in [-0.39, 0.29) is 0 Å². The van der Waals surface area contributed by atoms with Crippen LogP contribution < -0.4 is 4.74 Å². The Labute approximate surface area is 133 Å². The summed E-state index contributed by atoms with van der Waals surface area (Å²) in [6.45, 7) is 1.82. The van der Waals surface area contributed by atoms with Crippen LogP contribution in [0.15, 0.2) is 53.0 Å². The highest BCUT2D eigenvalue weighted by atomic mass is 79.9. The molecule has 21 heavy (non-hydrogen) atoms. The summed E-state index contributed by atoms with van der Waals surface area (Å²) in [5.41, 5.74) is 1.76. The number of nitrogens with zero attached hydrogens (tertiary/aromatic N) is 1. The lowest BCUT2D eigenvalue weighted by atomic mass is 10.2. The van der Waals surface area contributed by atoms with Gasteiger partial charge >= 0.3 is 0 Å². The minimum atomic E-state index is 0.577. The summed E-state index contributed by atoms with van der Waals surface area (Å²) < 4.78 is 12.2. The molecule has 0 heterocycles. The highest BCUT2D eigenvalue weighted by molar-refractivity contribution is 9.10. The Kier molecular flexibility index (Phi) is 6.26. The molecule has 0 saturated heterocycles. The molecule has 0 atom stereocenters. The molecule has 0 fully saturated rings. The van der Waals surface area contributed by atoms with Crippen LogP contribution in [0.3, 0.4) is 0 Å². The Morgan fingerprint density at radius 2 is 1.90 bits per heavy atom. The summed E-state index contributed by atoms with van der Waals surface area (Å²) in [6.07, 6.45) is 0.810. The van der Waals surface area contributed by atoms with Crippen molar-refractivity contribution in [3.8, 4) is 11.8 Å². The van der Waals surface area contributed by atoms with Gasteiger partial charge in [-0.3, -0.25) is 0 Å². The second-order valence-corrected chi connectivity index (χ2v) is 5.44. The van der Waals surface area contributed by atoms with Crippen molar-refractivity contribution >= 4 is 15.9 Å². The summed E-state index contributed by atoms with van der Waals surface area (Å²) in [6, 6.07) is 17.3. The van der Waals surface area contributed by atoms with Gasteiger partial charge in [-0.25, -0.2) is 0 Å². The molecule has 108 valence electrons. The maximum absolute atomic E-state index is 8.80. The van der Waals surface area contributed by atoms with E-state index in [2.05, 4.69) is 22.0 Å². The van der Waals surface area contributed by atoms with Crippen LogP contribution in [0, 0.1) is 11.3 Å². The van der Waals surface area contributed by atoms with Crippen LogP contribution in [0.1, 0.15) is 17.5 Å². The number of hydrogen-bond acceptors (Lipinski definition) is 3. The zero-order valence-electron chi connectivity index (χ0n) is 11.6. The number of ether oxygens (including phenoxy) is 2. The van der Waals surface area contributed by atoms with Crippen molar-refractivity contribution in [2.24, 2.45) is 0 Å². The van der Waals surface area contributed by atoms with Crippen LogP contribution in [-0.2, 0) is 11.3 Å². The molecule has 2 rings (SSSR count). The lowest BCUT2D eigenvalue weighted by molar-refractivity contribution is 0.107. The van der Waals surface area contributed by atoms with Gasteiger partial charge in [-0.2, -0.15) is 5.26 Å². The molecule has 0 aliphatic carbocycles. The molecule has 3 nitrogen and oxygen atoms in total. The molecular formula is C17H16BrNO2. The Balaban J connectivity index is 1.63. The zero-order valence-corrected chi connectivity index (χ0v) is 13.2. The molecule has 0 aromatic heterocycles. The lowest BCUT2D eigenvalue weighted by Gasteiger charge is -2.07. The van der Waals surface area contributed by atoms with Gasteiger partial charge in [0.2, 0.25) is 0 Å². The quantitative estimate of drug-likeness (QED) is 0.702. The average molecular weight is 346 g/mol. The normalized spacial score (nSPS) is 10.1. The molecule has 2 aromatic carbocycles. The second-order valence-electron chi connectivity index (χ2n) is 4.52. The van der Waals surface area contributed by atoms with Crippen molar-refractivity contribution in [1.29, 1.82) is 5.26 Å². The largest absolute Gasteiger partial charge is 0.493 e. The van der Waals surface area contributed by atoms with Gasteiger partial charge in [-0.05, 0) is 35.9 Å². The van der Waals surface area contributed by atoms with E-state index >= 15 is 0 Å². The molecule has 2 aromatic rings. The molecule has 0 aliphatic heterocycles. The van der Waals surface area contributed by atoms with E-state index in [0.717, 1.165) is 22.2 Å². The van der Waals surface area contributed by atoms with Crippen molar-refractivity contribution in [2.75, 3.05) is 13.2 Å². The van der Waals surface area contributed by atoms with Crippen molar-refractivity contribution < 1.29 is 9.47 Å². The third-order valence-corrected chi connectivity index (χ3v) is 3.32. The monoisotopic (exact) mass is 345 g/mol. The third kappa shape index (κ3) is 5.58. The summed E-state index contributed by atoms with van der Waals surface area (Å²) in [5, 5.41) is 8.80. The number of nitriles is 1. The molecule has 4 heteroatoms. The molecule has 0 bridgehead atoms. The maximum atomic E-state index is 8.80.